The molecule has 5 heteroatoms. The number of nitrogens with one attached hydrogen (secondary N) is 1. The fraction of sp³-hybridized carbons (Fsp3) is 0.750. The number of carbonyl (C=O) groups excluding carboxylic acids is 1. The Morgan fingerprint density at radius 2 is 2.08 bits per heavy atom. The molecule has 0 saturated carbocycles. The van der Waals surface area contributed by atoms with Crippen molar-refractivity contribution in [2.75, 3.05) is 39.0 Å². The Kier molecular flexibility index (Phi) is 4.24. The van der Waals surface area contributed by atoms with Crippen molar-refractivity contribution in [3.05, 3.63) is 0 Å². The van der Waals surface area contributed by atoms with Crippen LogP contribution in [-0.2, 0) is 0 Å². The van der Waals surface area contributed by atoms with Crippen molar-refractivity contribution in [3.8, 4) is 0 Å². The van der Waals surface area contributed by atoms with Crippen molar-refractivity contribution < 1.29 is 4.79 Å². The van der Waals surface area contributed by atoms with E-state index in [1.807, 2.05) is 11.2 Å². The van der Waals surface area contributed by atoms with Gasteiger partial charge >= 0.3 is 0 Å². The number of thioether (sulfide) groups is 1. The lowest BCUT2D eigenvalue weighted by Gasteiger charge is -2.33. The third kappa shape index (κ3) is 3.00. The molecule has 1 saturated heterocycles. The maximum absolute atomic E-state index is 11.3. The molecule has 0 atom stereocenters. The van der Waals surface area contributed by atoms with Crippen molar-refractivity contribution in [3.63, 3.8) is 0 Å². The van der Waals surface area contributed by atoms with E-state index in [0.717, 1.165) is 26.2 Å². The molecule has 0 aromatic rings. The molecule has 13 heavy (non-hydrogen) atoms. The highest BCUT2D eigenvalue weighted by Crippen LogP contribution is 2.08. The maximum Gasteiger partial charge on any atom is 0.281 e. The highest BCUT2D eigenvalue weighted by Gasteiger charge is 2.19. The van der Waals surface area contributed by atoms with E-state index in [2.05, 4.69) is 4.90 Å². The van der Waals surface area contributed by atoms with Crippen LogP contribution in [0.15, 0.2) is 0 Å². The summed E-state index contributed by atoms with van der Waals surface area (Å²) in [5, 5.41) is 7.12. The Morgan fingerprint density at radius 3 is 2.54 bits per heavy atom. The summed E-state index contributed by atoms with van der Waals surface area (Å²) in [6.07, 6.45) is 3.22. The van der Waals surface area contributed by atoms with Gasteiger partial charge in [-0.3, -0.25) is 9.69 Å². The van der Waals surface area contributed by atoms with Crippen molar-refractivity contribution >= 4 is 23.2 Å². The average molecular weight is 201 g/mol. The zero-order valence-corrected chi connectivity index (χ0v) is 8.64. The van der Waals surface area contributed by atoms with Crippen LogP contribution in [0.5, 0.6) is 0 Å². The van der Waals surface area contributed by atoms with Gasteiger partial charge in [-0.1, -0.05) is 11.8 Å². The number of hydrogen-bond acceptors (Lipinski definition) is 4. The number of rotatable bonds is 2. The zero-order chi connectivity index (χ0) is 9.68. The highest BCUT2D eigenvalue weighted by atomic mass is 32.2. The first-order valence-corrected chi connectivity index (χ1v) is 5.54. The smallest absolute Gasteiger partial charge is 0.281 e. The van der Waals surface area contributed by atoms with Crippen LogP contribution in [0.25, 0.3) is 0 Å². The summed E-state index contributed by atoms with van der Waals surface area (Å²) in [4.78, 5) is 15.3. The minimum Gasteiger partial charge on any atom is -0.331 e. The van der Waals surface area contributed by atoms with E-state index in [1.165, 1.54) is 18.0 Å². The van der Waals surface area contributed by atoms with Crippen molar-refractivity contribution in [1.29, 1.82) is 5.41 Å². The third-order valence-electron chi connectivity index (χ3n) is 2.15. The van der Waals surface area contributed by atoms with Gasteiger partial charge < -0.3 is 10.3 Å². The monoisotopic (exact) mass is 201 g/mol. The average Bonchev–Trinajstić information content (AvgIpc) is 2.18. The van der Waals surface area contributed by atoms with Crippen LogP contribution in [0.2, 0.25) is 0 Å². The molecule has 1 amide bonds. The largest absolute Gasteiger partial charge is 0.331 e. The molecule has 0 aromatic heterocycles. The minimum atomic E-state index is 0.162. The van der Waals surface area contributed by atoms with Crippen molar-refractivity contribution in [2.24, 2.45) is 0 Å². The number of nitrogens with zero attached hydrogens (tertiary/aromatic N) is 2. The number of hydrogen-bond donors (Lipinski definition) is 1. The Hall–Kier alpha value is -0.550. The van der Waals surface area contributed by atoms with E-state index < -0.39 is 0 Å². The molecule has 0 spiro atoms. The normalized spacial score (nSPS) is 18.7. The fourth-order valence-corrected chi connectivity index (χ4v) is 1.81. The van der Waals surface area contributed by atoms with E-state index in [9.17, 15) is 4.79 Å². The molecule has 1 N–H and O–H groups in total. The topological polar surface area (TPSA) is 47.4 Å². The molecule has 0 bridgehead atoms. The van der Waals surface area contributed by atoms with Gasteiger partial charge in [0.25, 0.3) is 5.24 Å². The standard InChI is InChI=1S/C8H15N3OS/c1-13-8(12)11-6-4-10(3-2-9)5-7-11/h2,9H,3-7H2,1H3. The quantitative estimate of drug-likeness (QED) is 0.670. The Balaban J connectivity index is 2.30. The molecule has 1 rings (SSSR count). The van der Waals surface area contributed by atoms with Crippen LogP contribution in [-0.4, -0.2) is 60.2 Å². The van der Waals surface area contributed by atoms with Gasteiger partial charge in [0.05, 0.1) is 0 Å². The van der Waals surface area contributed by atoms with Gasteiger partial charge in [0.1, 0.15) is 0 Å². The first kappa shape index (κ1) is 10.5. The second kappa shape index (κ2) is 5.24. The van der Waals surface area contributed by atoms with Crippen LogP contribution in [0.3, 0.4) is 0 Å². The fourth-order valence-electron chi connectivity index (χ4n) is 1.37. The van der Waals surface area contributed by atoms with Crippen LogP contribution < -0.4 is 0 Å². The van der Waals surface area contributed by atoms with E-state index in [1.54, 1.807) is 0 Å². The SMILES string of the molecule is CSC(=O)N1CCN(CC=N)CC1. The predicted octanol–water partition coefficient (Wildman–Crippen LogP) is 0.737. The van der Waals surface area contributed by atoms with Gasteiger partial charge in [-0.15, -0.1) is 0 Å². The van der Waals surface area contributed by atoms with Gasteiger partial charge in [0.2, 0.25) is 0 Å². The molecule has 1 fully saturated rings. The molecule has 0 radical (unpaired) electrons. The number of amides is 1. The molecular formula is C8H15N3OS. The van der Waals surface area contributed by atoms with Gasteiger partial charge in [-0.2, -0.15) is 0 Å². The second-order valence-corrected chi connectivity index (χ2v) is 3.72. The molecule has 4 nitrogen and oxygen atoms in total. The summed E-state index contributed by atoms with van der Waals surface area (Å²) in [5.41, 5.74) is 0. The van der Waals surface area contributed by atoms with Crippen LogP contribution in [0.4, 0.5) is 4.79 Å². The Morgan fingerprint density at radius 1 is 1.46 bits per heavy atom. The van der Waals surface area contributed by atoms with E-state index >= 15 is 0 Å². The second-order valence-electron chi connectivity index (χ2n) is 2.96. The summed E-state index contributed by atoms with van der Waals surface area (Å²) in [5.74, 6) is 0. The third-order valence-corrected chi connectivity index (χ3v) is 2.76. The van der Waals surface area contributed by atoms with Crippen LogP contribution in [0.1, 0.15) is 0 Å². The molecule has 0 aliphatic carbocycles. The molecule has 0 unspecified atom stereocenters. The van der Waals surface area contributed by atoms with E-state index in [4.69, 9.17) is 5.41 Å². The number of piperazine rings is 1. The predicted molar refractivity (Wildman–Crippen MR) is 55.7 cm³/mol. The van der Waals surface area contributed by atoms with Gasteiger partial charge in [-0.05, 0) is 6.26 Å². The lowest BCUT2D eigenvalue weighted by atomic mass is 10.3. The Bertz CT molecular complexity index is 190. The Labute approximate surface area is 82.8 Å². The first-order valence-electron chi connectivity index (χ1n) is 4.32. The van der Waals surface area contributed by atoms with Crippen LogP contribution >= 0.6 is 11.8 Å². The molecule has 0 aromatic carbocycles. The summed E-state index contributed by atoms with van der Waals surface area (Å²) in [6.45, 7) is 4.09. The van der Waals surface area contributed by atoms with Gasteiger partial charge in [0.15, 0.2) is 0 Å². The number of carbonyl (C=O) groups is 1. The van der Waals surface area contributed by atoms with E-state index in [-0.39, 0.29) is 5.24 Å². The lowest BCUT2D eigenvalue weighted by molar-refractivity contribution is 0.166. The lowest BCUT2D eigenvalue weighted by Crippen LogP contribution is -2.47. The summed E-state index contributed by atoms with van der Waals surface area (Å²) in [7, 11) is 0. The van der Waals surface area contributed by atoms with Gasteiger partial charge in [-0.25, -0.2) is 0 Å². The van der Waals surface area contributed by atoms with Crippen molar-refractivity contribution in [2.45, 2.75) is 0 Å². The summed E-state index contributed by atoms with van der Waals surface area (Å²) in [6, 6.07) is 0. The van der Waals surface area contributed by atoms with E-state index in [0.29, 0.717) is 6.54 Å². The molecule has 1 heterocycles. The minimum absolute atomic E-state index is 0.162. The molecule has 1 aliphatic heterocycles. The highest BCUT2D eigenvalue weighted by molar-refractivity contribution is 8.12. The van der Waals surface area contributed by atoms with Crippen molar-refractivity contribution in [1.82, 2.24) is 9.80 Å². The van der Waals surface area contributed by atoms with Crippen LogP contribution in [0, 0.1) is 5.41 Å². The molecule has 1 aliphatic rings. The molecular weight excluding hydrogens is 186 g/mol. The summed E-state index contributed by atoms with van der Waals surface area (Å²) < 4.78 is 0. The first-order chi connectivity index (χ1) is 6.27. The zero-order valence-electron chi connectivity index (χ0n) is 7.82. The molecule has 74 valence electrons. The summed E-state index contributed by atoms with van der Waals surface area (Å²) >= 11 is 1.27. The van der Waals surface area contributed by atoms with Gasteiger partial charge in [0, 0.05) is 38.9 Å². The maximum atomic E-state index is 11.3.